The van der Waals surface area contributed by atoms with E-state index in [4.69, 9.17) is 4.74 Å². The Morgan fingerprint density at radius 1 is 1.20 bits per heavy atom. The topological polar surface area (TPSA) is 55.3 Å². The minimum absolute atomic E-state index is 0.0252. The van der Waals surface area contributed by atoms with Crippen LogP contribution in [0, 0.1) is 0 Å². The number of aromatic nitrogens is 2. The summed E-state index contributed by atoms with van der Waals surface area (Å²) in [5, 5.41) is 0. The maximum absolute atomic E-state index is 13.0. The number of methoxy groups -OCH3 is 1. The number of rotatable bonds is 2. The fraction of sp³-hybridized carbons (Fsp3) is 0.450. The van der Waals surface area contributed by atoms with Crippen molar-refractivity contribution in [1.82, 2.24) is 14.9 Å². The molecule has 2 heterocycles. The third-order valence-electron chi connectivity index (χ3n) is 5.62. The Balaban J connectivity index is 1.62. The number of hydrogen-bond acceptors (Lipinski definition) is 4. The lowest BCUT2D eigenvalue weighted by Crippen LogP contribution is -2.50. The zero-order valence-electron chi connectivity index (χ0n) is 14.6. The van der Waals surface area contributed by atoms with Gasteiger partial charge in [0.2, 0.25) is 5.88 Å². The van der Waals surface area contributed by atoms with Crippen LogP contribution in [-0.2, 0) is 11.8 Å². The number of ether oxygens (including phenoxy) is 1. The SMILES string of the molecule is COc1cc(C(=O)N2CCCC3(CCCc4ccccc43)C2)ncn1. The van der Waals surface area contributed by atoms with Crippen LogP contribution in [-0.4, -0.2) is 41.0 Å². The van der Waals surface area contributed by atoms with E-state index >= 15 is 0 Å². The monoisotopic (exact) mass is 337 g/mol. The standard InChI is InChI=1S/C20H23N3O2/c1-25-18-12-17(21-14-22-18)19(24)23-11-5-10-20(13-23)9-4-7-15-6-2-3-8-16(15)20/h2-3,6,8,12,14H,4-5,7,9-11,13H2,1H3. The molecule has 4 rings (SSSR count). The zero-order valence-corrected chi connectivity index (χ0v) is 14.6. The molecule has 0 N–H and O–H groups in total. The van der Waals surface area contributed by atoms with Crippen LogP contribution in [0.25, 0.3) is 0 Å². The maximum Gasteiger partial charge on any atom is 0.272 e. The highest BCUT2D eigenvalue weighted by atomic mass is 16.5. The van der Waals surface area contributed by atoms with E-state index in [0.717, 1.165) is 38.8 Å². The van der Waals surface area contributed by atoms with Crippen molar-refractivity contribution in [3.63, 3.8) is 0 Å². The van der Waals surface area contributed by atoms with E-state index in [-0.39, 0.29) is 11.3 Å². The third-order valence-corrected chi connectivity index (χ3v) is 5.62. The number of piperidine rings is 1. The first-order chi connectivity index (χ1) is 12.2. The summed E-state index contributed by atoms with van der Waals surface area (Å²) in [7, 11) is 1.55. The van der Waals surface area contributed by atoms with E-state index < -0.39 is 0 Å². The predicted octanol–water partition coefficient (Wildman–Crippen LogP) is 3.00. The van der Waals surface area contributed by atoms with Crippen LogP contribution < -0.4 is 4.74 Å². The Morgan fingerprint density at radius 3 is 2.92 bits per heavy atom. The maximum atomic E-state index is 13.0. The molecule has 1 aliphatic carbocycles. The third kappa shape index (κ3) is 2.88. The molecule has 1 saturated heterocycles. The van der Waals surface area contributed by atoms with Crippen LogP contribution >= 0.6 is 0 Å². The van der Waals surface area contributed by atoms with Gasteiger partial charge >= 0.3 is 0 Å². The minimum Gasteiger partial charge on any atom is -0.481 e. The van der Waals surface area contributed by atoms with Crippen molar-refractivity contribution >= 4 is 5.91 Å². The lowest BCUT2D eigenvalue weighted by atomic mass is 9.66. The van der Waals surface area contributed by atoms with Gasteiger partial charge in [0.1, 0.15) is 12.0 Å². The van der Waals surface area contributed by atoms with Gasteiger partial charge in [-0.3, -0.25) is 4.79 Å². The summed E-state index contributed by atoms with van der Waals surface area (Å²) in [5.74, 6) is 0.399. The number of hydrogen-bond donors (Lipinski definition) is 0. The van der Waals surface area contributed by atoms with Crippen molar-refractivity contribution < 1.29 is 9.53 Å². The largest absolute Gasteiger partial charge is 0.481 e. The van der Waals surface area contributed by atoms with Gasteiger partial charge in [-0.25, -0.2) is 9.97 Å². The first-order valence-corrected chi connectivity index (χ1v) is 8.96. The van der Waals surface area contributed by atoms with Crippen LogP contribution in [0.4, 0.5) is 0 Å². The van der Waals surface area contributed by atoms with Crippen LogP contribution in [0.15, 0.2) is 36.7 Å². The molecule has 1 spiro atoms. The molecular formula is C20H23N3O2. The summed E-state index contributed by atoms with van der Waals surface area (Å²) in [6.07, 6.45) is 7.07. The molecule has 2 aromatic rings. The molecule has 1 fully saturated rings. The van der Waals surface area contributed by atoms with Crippen molar-refractivity contribution in [3.8, 4) is 5.88 Å². The number of nitrogens with zero attached hydrogens (tertiary/aromatic N) is 3. The van der Waals surface area contributed by atoms with E-state index in [0.29, 0.717) is 11.6 Å². The summed E-state index contributed by atoms with van der Waals surface area (Å²) in [4.78, 5) is 23.1. The summed E-state index contributed by atoms with van der Waals surface area (Å²) in [6.45, 7) is 1.56. The Kier molecular flexibility index (Phi) is 4.15. The van der Waals surface area contributed by atoms with E-state index in [1.54, 1.807) is 13.2 Å². The molecule has 1 unspecified atom stereocenters. The molecule has 25 heavy (non-hydrogen) atoms. The smallest absolute Gasteiger partial charge is 0.272 e. The van der Waals surface area contributed by atoms with E-state index in [2.05, 4.69) is 34.2 Å². The molecule has 1 amide bonds. The lowest BCUT2D eigenvalue weighted by Gasteiger charge is -2.46. The number of amides is 1. The number of fused-ring (bicyclic) bond motifs is 2. The minimum atomic E-state index is -0.0252. The number of aryl methyl sites for hydroxylation is 1. The second-order valence-electron chi connectivity index (χ2n) is 7.07. The second kappa shape index (κ2) is 6.47. The highest BCUT2D eigenvalue weighted by Gasteiger charge is 2.41. The molecule has 1 atom stereocenters. The van der Waals surface area contributed by atoms with Gasteiger partial charge in [-0.05, 0) is 43.2 Å². The van der Waals surface area contributed by atoms with Gasteiger partial charge in [0.05, 0.1) is 7.11 Å². The average molecular weight is 337 g/mol. The molecule has 0 saturated carbocycles. The van der Waals surface area contributed by atoms with Crippen LogP contribution in [0.2, 0.25) is 0 Å². The van der Waals surface area contributed by atoms with E-state index in [1.807, 2.05) is 4.90 Å². The zero-order chi connectivity index (χ0) is 17.3. The number of carbonyl (C=O) groups is 1. The summed E-state index contributed by atoms with van der Waals surface area (Å²) in [5.41, 5.74) is 3.40. The van der Waals surface area contributed by atoms with Crippen LogP contribution in [0.1, 0.15) is 47.3 Å². The number of likely N-dealkylation sites (tertiary alicyclic amines) is 1. The molecular weight excluding hydrogens is 314 g/mol. The van der Waals surface area contributed by atoms with Gasteiger partial charge in [-0.15, -0.1) is 0 Å². The van der Waals surface area contributed by atoms with Crippen LogP contribution in [0.5, 0.6) is 5.88 Å². The van der Waals surface area contributed by atoms with Crippen molar-refractivity contribution in [3.05, 3.63) is 53.5 Å². The van der Waals surface area contributed by atoms with Gasteiger partial charge < -0.3 is 9.64 Å². The first kappa shape index (κ1) is 16.1. The Bertz CT molecular complexity index is 792. The highest BCUT2D eigenvalue weighted by Crippen LogP contribution is 2.43. The fourth-order valence-corrected chi connectivity index (χ4v) is 4.47. The van der Waals surface area contributed by atoms with E-state index in [1.165, 1.54) is 23.9 Å². The number of benzene rings is 1. The van der Waals surface area contributed by atoms with Gasteiger partial charge in [0, 0.05) is 24.6 Å². The molecule has 5 nitrogen and oxygen atoms in total. The molecule has 1 aromatic carbocycles. The van der Waals surface area contributed by atoms with Gasteiger partial charge in [0.25, 0.3) is 5.91 Å². The summed E-state index contributed by atoms with van der Waals surface area (Å²) < 4.78 is 5.13. The quantitative estimate of drug-likeness (QED) is 0.845. The number of carbonyl (C=O) groups excluding carboxylic acids is 1. The summed E-state index contributed by atoms with van der Waals surface area (Å²) >= 11 is 0. The van der Waals surface area contributed by atoms with Crippen molar-refractivity contribution in [1.29, 1.82) is 0 Å². The summed E-state index contributed by atoms with van der Waals surface area (Å²) in [6, 6.07) is 10.4. The molecule has 130 valence electrons. The Labute approximate surface area is 148 Å². The van der Waals surface area contributed by atoms with Crippen molar-refractivity contribution in [2.75, 3.05) is 20.2 Å². The predicted molar refractivity (Wildman–Crippen MR) is 94.8 cm³/mol. The molecule has 0 bridgehead atoms. The van der Waals surface area contributed by atoms with Crippen molar-refractivity contribution in [2.45, 2.75) is 37.5 Å². The van der Waals surface area contributed by atoms with Gasteiger partial charge in [-0.1, -0.05) is 24.3 Å². The first-order valence-electron chi connectivity index (χ1n) is 8.96. The molecule has 1 aromatic heterocycles. The molecule has 1 aliphatic heterocycles. The van der Waals surface area contributed by atoms with Crippen LogP contribution in [0.3, 0.4) is 0 Å². The fourth-order valence-electron chi connectivity index (χ4n) is 4.47. The molecule has 5 heteroatoms. The highest BCUT2D eigenvalue weighted by molar-refractivity contribution is 5.92. The van der Waals surface area contributed by atoms with Crippen molar-refractivity contribution in [2.24, 2.45) is 0 Å². The van der Waals surface area contributed by atoms with Gasteiger partial charge in [-0.2, -0.15) is 0 Å². The molecule has 2 aliphatic rings. The van der Waals surface area contributed by atoms with Gasteiger partial charge in [0.15, 0.2) is 0 Å². The van der Waals surface area contributed by atoms with E-state index in [9.17, 15) is 4.79 Å². The normalized spacial score (nSPS) is 22.5. The Morgan fingerprint density at radius 2 is 2.04 bits per heavy atom. The molecule has 0 radical (unpaired) electrons. The second-order valence-corrected chi connectivity index (χ2v) is 7.07. The Hall–Kier alpha value is -2.43. The average Bonchev–Trinajstić information content (AvgIpc) is 2.68. The lowest BCUT2D eigenvalue weighted by molar-refractivity contribution is 0.0610.